The van der Waals surface area contributed by atoms with Crippen molar-refractivity contribution in [2.45, 2.75) is 25.7 Å². The molecular formula is C31H29CaClFN3O7. The van der Waals surface area contributed by atoms with Gasteiger partial charge >= 0.3 is 43.7 Å². The molecule has 0 atom stereocenters. The number of hydrogen-bond acceptors (Lipinski definition) is 7. The first-order chi connectivity index (χ1) is 20.7. The molecule has 3 aromatic carbocycles. The summed E-state index contributed by atoms with van der Waals surface area (Å²) in [7, 11) is 1.49. The van der Waals surface area contributed by atoms with Gasteiger partial charge in [0.2, 0.25) is 11.8 Å². The number of fused-ring (bicyclic) bond motifs is 1. The average molecular weight is 650 g/mol. The zero-order valence-electron chi connectivity index (χ0n) is 23.0. The van der Waals surface area contributed by atoms with Crippen molar-refractivity contribution >= 4 is 89.4 Å². The number of carboxylic acid groups (broad SMARTS) is 1. The van der Waals surface area contributed by atoms with Crippen LogP contribution in [0.5, 0.6) is 23.0 Å². The van der Waals surface area contributed by atoms with Gasteiger partial charge in [-0.25, -0.2) is 4.39 Å². The molecule has 226 valence electrons. The number of pyridine rings is 1. The van der Waals surface area contributed by atoms with Gasteiger partial charge in [0.05, 0.1) is 24.3 Å². The Hall–Kier alpha value is -3.64. The van der Waals surface area contributed by atoms with Gasteiger partial charge in [-0.1, -0.05) is 11.6 Å². The summed E-state index contributed by atoms with van der Waals surface area (Å²) in [6.45, 7) is 0.197. The molecule has 3 N–H and O–H groups in total. The molecule has 1 aromatic heterocycles. The van der Waals surface area contributed by atoms with Gasteiger partial charge in [0.25, 0.3) is 0 Å². The number of anilines is 2. The monoisotopic (exact) mass is 649 g/mol. The molecule has 44 heavy (non-hydrogen) atoms. The van der Waals surface area contributed by atoms with Crippen LogP contribution in [0, 0.1) is 11.2 Å². The fourth-order valence-corrected chi connectivity index (χ4v) is 4.61. The summed E-state index contributed by atoms with van der Waals surface area (Å²) in [5.74, 6) is -0.663. The minimum absolute atomic E-state index is 0. The zero-order valence-corrected chi connectivity index (χ0v) is 23.7. The summed E-state index contributed by atoms with van der Waals surface area (Å²) in [6.07, 6.45) is 2.66. The quantitative estimate of drug-likeness (QED) is 0.104. The number of aliphatic carboxylic acids is 1. The third-order valence-electron chi connectivity index (χ3n) is 6.91. The van der Waals surface area contributed by atoms with Crippen molar-refractivity contribution in [1.29, 1.82) is 0 Å². The number of amides is 2. The number of hydrogen-bond donors (Lipinski definition) is 3. The van der Waals surface area contributed by atoms with E-state index < -0.39 is 29.0 Å². The first-order valence-electron chi connectivity index (χ1n) is 13.4. The van der Waals surface area contributed by atoms with E-state index in [0.717, 1.165) is 0 Å². The molecule has 5 rings (SSSR count). The van der Waals surface area contributed by atoms with Gasteiger partial charge in [-0.15, -0.1) is 0 Å². The molecule has 0 saturated heterocycles. The molecule has 10 nitrogen and oxygen atoms in total. The summed E-state index contributed by atoms with van der Waals surface area (Å²) in [5.41, 5.74) is 0.120. The minimum atomic E-state index is -1.22. The maximum atomic E-state index is 13.2. The van der Waals surface area contributed by atoms with Crippen molar-refractivity contribution in [3.8, 4) is 23.0 Å². The fourth-order valence-electron chi connectivity index (χ4n) is 4.39. The molecule has 1 saturated carbocycles. The van der Waals surface area contributed by atoms with Crippen LogP contribution in [0.4, 0.5) is 15.8 Å². The normalized spacial score (nSPS) is 12.9. The van der Waals surface area contributed by atoms with Crippen molar-refractivity contribution in [2.75, 3.05) is 24.4 Å². The molecule has 1 aliphatic rings. The molecule has 13 heteroatoms. The zero-order chi connectivity index (χ0) is 30.6. The van der Waals surface area contributed by atoms with E-state index in [0.29, 0.717) is 64.5 Å². The number of ether oxygens (including phenoxy) is 3. The van der Waals surface area contributed by atoms with E-state index in [-0.39, 0.29) is 55.8 Å². The number of carbonyl (C=O) groups excluding carboxylic acids is 2. The molecule has 0 bridgehead atoms. The number of methoxy groups -OCH3 is 1. The third-order valence-corrected chi connectivity index (χ3v) is 7.21. The van der Waals surface area contributed by atoms with Gasteiger partial charge in [-0.3, -0.25) is 19.4 Å². The number of carbonyl (C=O) groups is 3. The summed E-state index contributed by atoms with van der Waals surface area (Å²) in [4.78, 5) is 41.0. The van der Waals surface area contributed by atoms with E-state index in [9.17, 15) is 18.8 Å². The molecule has 1 heterocycles. The molecule has 1 aliphatic carbocycles. The Balaban J connectivity index is 0.00000442. The van der Waals surface area contributed by atoms with Crippen LogP contribution < -0.4 is 24.8 Å². The van der Waals surface area contributed by atoms with Crippen LogP contribution in [-0.2, 0) is 14.4 Å². The summed E-state index contributed by atoms with van der Waals surface area (Å²) in [5, 5.41) is 15.1. The van der Waals surface area contributed by atoms with Crippen LogP contribution in [0.3, 0.4) is 0 Å². The van der Waals surface area contributed by atoms with Crippen molar-refractivity contribution in [3.05, 3.63) is 77.7 Å². The van der Waals surface area contributed by atoms with Gasteiger partial charge in [-0.2, -0.15) is 0 Å². The molecule has 1 fully saturated rings. The predicted octanol–water partition coefficient (Wildman–Crippen LogP) is 5.51. The number of rotatable bonds is 12. The van der Waals surface area contributed by atoms with Crippen LogP contribution >= 0.6 is 11.6 Å². The van der Waals surface area contributed by atoms with Crippen LogP contribution in [0.2, 0.25) is 5.02 Å². The molecule has 2 amide bonds. The number of carboxylic acids is 1. The van der Waals surface area contributed by atoms with Crippen LogP contribution in [0.25, 0.3) is 10.9 Å². The van der Waals surface area contributed by atoms with Gasteiger partial charge < -0.3 is 30.0 Å². The molecule has 4 aromatic rings. The third kappa shape index (κ3) is 7.70. The molecule has 0 aliphatic heterocycles. The fraction of sp³-hybridized carbons (Fsp3) is 0.226. The number of halogens is 2. The van der Waals surface area contributed by atoms with Crippen molar-refractivity contribution in [3.63, 3.8) is 0 Å². The van der Waals surface area contributed by atoms with E-state index in [1.807, 2.05) is 0 Å². The SMILES string of the molecule is COc1cc2c(Oc3ccc(NC(=O)C4(C(=O)Nc5ccc(F)cc5)CC4)cc3Cl)ccnc2cc1OCCCC(=O)O.[CaH2]. The van der Waals surface area contributed by atoms with Crippen molar-refractivity contribution < 1.29 is 38.1 Å². The van der Waals surface area contributed by atoms with Gasteiger partial charge in [-0.05, 0) is 73.9 Å². The second-order valence-electron chi connectivity index (χ2n) is 9.92. The Morgan fingerprint density at radius 1 is 0.932 bits per heavy atom. The topological polar surface area (TPSA) is 136 Å². The molecular weight excluding hydrogens is 621 g/mol. The summed E-state index contributed by atoms with van der Waals surface area (Å²) < 4.78 is 30.5. The van der Waals surface area contributed by atoms with E-state index in [4.69, 9.17) is 30.9 Å². The Morgan fingerprint density at radius 3 is 2.25 bits per heavy atom. The van der Waals surface area contributed by atoms with Crippen molar-refractivity contribution in [1.82, 2.24) is 4.98 Å². The van der Waals surface area contributed by atoms with Crippen LogP contribution in [0.15, 0.2) is 66.9 Å². The number of aromatic nitrogens is 1. The second-order valence-corrected chi connectivity index (χ2v) is 10.3. The Kier molecular flexibility index (Phi) is 10.9. The van der Waals surface area contributed by atoms with Gasteiger partial charge in [0.1, 0.15) is 22.7 Å². The van der Waals surface area contributed by atoms with E-state index in [1.54, 1.807) is 36.5 Å². The van der Waals surface area contributed by atoms with E-state index >= 15 is 0 Å². The molecule has 0 radical (unpaired) electrons. The number of benzene rings is 3. The summed E-state index contributed by atoms with van der Waals surface area (Å²) in [6, 6.07) is 15.1. The van der Waals surface area contributed by atoms with Crippen LogP contribution in [-0.4, -0.2) is 79.3 Å². The Morgan fingerprint density at radius 2 is 1.61 bits per heavy atom. The maximum absolute atomic E-state index is 13.2. The van der Waals surface area contributed by atoms with E-state index in [2.05, 4.69) is 15.6 Å². The Labute approximate surface area is 286 Å². The second kappa shape index (κ2) is 14.4. The number of nitrogens with one attached hydrogen (secondary N) is 2. The standard InChI is InChI=1S/C31H27ClFN3O7.Ca.2H/c1-41-26-16-21-23(17-27(26)42-14-2-3-28(37)38)34-13-10-24(21)43-25-9-8-20(15-22(25)32)36-30(40)31(11-12-31)29(39)35-19-6-4-18(33)5-7-19;;;/h4-10,13,15-17H,2-3,11-12,14H2,1H3,(H,35,39)(H,36,40)(H,37,38);;;. The number of nitrogens with zero attached hydrogens (tertiary/aromatic N) is 1. The molecule has 0 spiro atoms. The van der Waals surface area contributed by atoms with Crippen LogP contribution in [0.1, 0.15) is 25.7 Å². The van der Waals surface area contributed by atoms with Gasteiger partial charge in [0.15, 0.2) is 11.5 Å². The van der Waals surface area contributed by atoms with Gasteiger partial charge in [0, 0.05) is 35.4 Å². The predicted molar refractivity (Wildman–Crippen MR) is 166 cm³/mol. The van der Waals surface area contributed by atoms with Crippen molar-refractivity contribution in [2.24, 2.45) is 5.41 Å². The first-order valence-corrected chi connectivity index (χ1v) is 13.7. The average Bonchev–Trinajstić information content (AvgIpc) is 3.80. The Bertz CT molecular complexity index is 1700. The summed E-state index contributed by atoms with van der Waals surface area (Å²) >= 11 is 6.52. The first kappa shape index (κ1) is 33.3. The van der Waals surface area contributed by atoms with E-state index in [1.165, 1.54) is 37.4 Å². The molecule has 0 unspecified atom stereocenters.